The maximum Gasteiger partial charge on any atom is 0.459 e. The molecule has 0 aromatic carbocycles. The molecule has 74 valence electrons. The van der Waals surface area contributed by atoms with Crippen LogP contribution in [0.4, 0.5) is 26.3 Å². The van der Waals surface area contributed by atoms with E-state index in [1.807, 2.05) is 0 Å². The molecule has 1 unspecified atom stereocenters. The van der Waals surface area contributed by atoms with Crippen molar-refractivity contribution in [1.82, 2.24) is 0 Å². The van der Waals surface area contributed by atoms with Gasteiger partial charge in [-0.05, 0) is 0 Å². The second kappa shape index (κ2) is 3.20. The zero-order valence-corrected chi connectivity index (χ0v) is 7.71. The predicted molar refractivity (Wildman–Crippen MR) is 35.6 cm³/mol. The highest BCUT2D eigenvalue weighted by molar-refractivity contribution is 14.1. The molecule has 1 atom stereocenters. The molecule has 0 spiro atoms. The summed E-state index contributed by atoms with van der Waals surface area (Å²) in [6, 6.07) is 0. The Morgan fingerprint density at radius 1 is 1.00 bits per heavy atom. The van der Waals surface area contributed by atoms with Gasteiger partial charge in [-0.1, -0.05) is 0 Å². The molecule has 1 nitrogen and oxygen atoms in total. The first-order valence-electron chi connectivity index (χ1n) is 2.49. The van der Waals surface area contributed by atoms with E-state index in [1.165, 1.54) is 0 Å². The van der Waals surface area contributed by atoms with Gasteiger partial charge in [-0.15, -0.1) is 0 Å². The van der Waals surface area contributed by atoms with Gasteiger partial charge in [-0.3, -0.25) is 3.07 Å². The van der Waals surface area contributed by atoms with E-state index in [4.69, 9.17) is 0 Å². The molecule has 12 heavy (non-hydrogen) atoms. The summed E-state index contributed by atoms with van der Waals surface area (Å²) in [5, 5.41) is 0. The molecule has 0 aliphatic rings. The molecule has 0 bridgehead atoms. The van der Waals surface area contributed by atoms with Gasteiger partial charge in [0, 0.05) is 6.92 Å². The Morgan fingerprint density at radius 3 is 1.42 bits per heavy atom. The van der Waals surface area contributed by atoms with Crippen LogP contribution in [0, 0.1) is 0 Å². The van der Waals surface area contributed by atoms with Crippen LogP contribution in [-0.4, -0.2) is 18.0 Å². The molecule has 0 aliphatic heterocycles. The fraction of sp³-hybridized carbons (Fsp3) is 1.00. The van der Waals surface area contributed by atoms with Gasteiger partial charge in [0.15, 0.2) is 0 Å². The Kier molecular flexibility index (Phi) is 3.27. The van der Waals surface area contributed by atoms with Gasteiger partial charge in [-0.2, -0.15) is 22.0 Å². The standard InChI is InChI=1S/C4H3F6IO/c1-2(5,12-11)3(6,7)4(8,9)10/h1H3. The molecule has 0 aliphatic carbocycles. The molecule has 0 aromatic rings. The number of rotatable bonds is 2. The maximum atomic E-state index is 12.4. The summed E-state index contributed by atoms with van der Waals surface area (Å²) in [6.07, 6.45) is -5.96. The van der Waals surface area contributed by atoms with E-state index in [2.05, 4.69) is 3.07 Å². The Bertz CT molecular complexity index is 163. The van der Waals surface area contributed by atoms with Gasteiger partial charge >= 0.3 is 12.1 Å². The third kappa shape index (κ3) is 1.95. The molecule has 8 heteroatoms. The maximum absolute atomic E-state index is 12.4. The quantitative estimate of drug-likeness (QED) is 0.562. The summed E-state index contributed by atoms with van der Waals surface area (Å²) in [5.74, 6) is -9.56. The highest BCUT2D eigenvalue weighted by atomic mass is 127. The molecule has 0 saturated carbocycles. The van der Waals surface area contributed by atoms with Crippen molar-refractivity contribution < 1.29 is 29.4 Å². The van der Waals surface area contributed by atoms with Gasteiger partial charge in [0.1, 0.15) is 23.0 Å². The monoisotopic (exact) mass is 308 g/mol. The molecule has 0 amide bonds. The van der Waals surface area contributed by atoms with Crippen molar-refractivity contribution in [2.45, 2.75) is 24.9 Å². The van der Waals surface area contributed by atoms with Crippen LogP contribution >= 0.6 is 23.0 Å². The Hall–Kier alpha value is 0.270. The van der Waals surface area contributed by atoms with Crippen LogP contribution in [0.15, 0.2) is 0 Å². The summed E-state index contributed by atoms with van der Waals surface area (Å²) in [5.41, 5.74) is 0. The van der Waals surface area contributed by atoms with E-state index in [0.717, 1.165) is 0 Å². The van der Waals surface area contributed by atoms with Gasteiger partial charge < -0.3 is 0 Å². The Morgan fingerprint density at radius 2 is 1.33 bits per heavy atom. The lowest BCUT2D eigenvalue weighted by atomic mass is 10.2. The van der Waals surface area contributed by atoms with Crippen LogP contribution in [0.1, 0.15) is 6.92 Å². The summed E-state index contributed by atoms with van der Waals surface area (Å²) in [4.78, 5) is 0. The van der Waals surface area contributed by atoms with Crippen molar-refractivity contribution in [2.75, 3.05) is 0 Å². The molecule has 0 rings (SSSR count). The van der Waals surface area contributed by atoms with Crippen molar-refractivity contribution in [3.05, 3.63) is 0 Å². The molecule has 0 heterocycles. The van der Waals surface area contributed by atoms with E-state index in [-0.39, 0.29) is 6.92 Å². The van der Waals surface area contributed by atoms with E-state index in [0.29, 0.717) is 23.0 Å². The Labute approximate surface area is 77.8 Å². The van der Waals surface area contributed by atoms with Crippen molar-refractivity contribution in [1.29, 1.82) is 0 Å². The van der Waals surface area contributed by atoms with Crippen molar-refractivity contribution in [3.8, 4) is 0 Å². The molecule has 0 fully saturated rings. The fourth-order valence-corrected chi connectivity index (χ4v) is 0.578. The lowest BCUT2D eigenvalue weighted by molar-refractivity contribution is -0.354. The lowest BCUT2D eigenvalue weighted by Gasteiger charge is -2.28. The summed E-state index contributed by atoms with van der Waals surface area (Å²) in [6.45, 7) is 0.00688. The zero-order valence-electron chi connectivity index (χ0n) is 5.55. The van der Waals surface area contributed by atoms with Gasteiger partial charge in [0.25, 0.3) is 5.85 Å². The third-order valence-electron chi connectivity index (χ3n) is 1.06. The van der Waals surface area contributed by atoms with Crippen molar-refractivity contribution in [3.63, 3.8) is 0 Å². The highest BCUT2D eigenvalue weighted by Gasteiger charge is 2.70. The molecular weight excluding hydrogens is 305 g/mol. The number of alkyl halides is 6. The third-order valence-corrected chi connectivity index (χ3v) is 1.89. The summed E-state index contributed by atoms with van der Waals surface area (Å²) in [7, 11) is 0. The van der Waals surface area contributed by atoms with E-state index < -0.39 is 18.0 Å². The first kappa shape index (κ1) is 12.3. The van der Waals surface area contributed by atoms with Gasteiger partial charge in [-0.25, -0.2) is 4.39 Å². The minimum absolute atomic E-state index is 0.00688. The second-order valence-electron chi connectivity index (χ2n) is 2.07. The van der Waals surface area contributed by atoms with Crippen LogP contribution < -0.4 is 0 Å². The summed E-state index contributed by atoms with van der Waals surface area (Å²) >= 11 is 0.640. The van der Waals surface area contributed by atoms with Crippen LogP contribution in [0.25, 0.3) is 0 Å². The van der Waals surface area contributed by atoms with E-state index in [1.54, 1.807) is 0 Å². The predicted octanol–water partition coefficient (Wildman–Crippen LogP) is 3.24. The topological polar surface area (TPSA) is 9.23 Å². The second-order valence-corrected chi connectivity index (χ2v) is 2.51. The van der Waals surface area contributed by atoms with Crippen LogP contribution in [-0.2, 0) is 3.07 Å². The van der Waals surface area contributed by atoms with Crippen molar-refractivity contribution in [2.24, 2.45) is 0 Å². The largest absolute Gasteiger partial charge is 0.459 e. The van der Waals surface area contributed by atoms with Crippen LogP contribution in [0.3, 0.4) is 0 Å². The minimum Gasteiger partial charge on any atom is -0.270 e. The molecule has 0 aromatic heterocycles. The number of hydrogen-bond donors (Lipinski definition) is 0. The molecule has 0 radical (unpaired) electrons. The van der Waals surface area contributed by atoms with Crippen LogP contribution in [0.2, 0.25) is 0 Å². The van der Waals surface area contributed by atoms with Crippen LogP contribution in [0.5, 0.6) is 0 Å². The molecule has 0 saturated heterocycles. The number of hydrogen-bond acceptors (Lipinski definition) is 1. The fourth-order valence-electron chi connectivity index (χ4n) is 0.302. The highest BCUT2D eigenvalue weighted by Crippen LogP contribution is 2.46. The average molecular weight is 308 g/mol. The van der Waals surface area contributed by atoms with Crippen molar-refractivity contribution >= 4 is 23.0 Å². The van der Waals surface area contributed by atoms with Gasteiger partial charge in [0.05, 0.1) is 0 Å². The lowest BCUT2D eigenvalue weighted by Crippen LogP contribution is -2.52. The van der Waals surface area contributed by atoms with Gasteiger partial charge in [0.2, 0.25) is 0 Å². The minimum atomic E-state index is -5.96. The normalized spacial score (nSPS) is 19.0. The number of halogens is 7. The Balaban J connectivity index is 4.85. The SMILES string of the molecule is CC(F)(OI)C(F)(F)C(F)(F)F. The first-order valence-corrected chi connectivity index (χ1v) is 3.37. The average Bonchev–Trinajstić information content (AvgIpc) is 1.85. The molecule has 0 N–H and O–H groups in total. The first-order chi connectivity index (χ1) is 5.06. The summed E-state index contributed by atoms with van der Waals surface area (Å²) < 4.78 is 74.2. The van der Waals surface area contributed by atoms with E-state index in [9.17, 15) is 26.3 Å². The smallest absolute Gasteiger partial charge is 0.270 e. The van der Waals surface area contributed by atoms with E-state index >= 15 is 0 Å². The molecular formula is C4H3F6IO. The zero-order chi connectivity index (χ0) is 10.2.